The molecule has 6 nitrogen and oxygen atoms in total. The molecule has 0 saturated carbocycles. The number of hydrogen-bond donors (Lipinski definition) is 0. The summed E-state index contributed by atoms with van der Waals surface area (Å²) in [5, 5.41) is 0.576. The number of amides is 1. The second kappa shape index (κ2) is 7.85. The normalized spacial score (nSPS) is 16.4. The Morgan fingerprint density at radius 3 is 2.38 bits per heavy atom. The molecule has 0 aromatic heterocycles. The first kappa shape index (κ1) is 18.5. The number of morpholine rings is 1. The van der Waals surface area contributed by atoms with E-state index < -0.39 is 17.7 Å². The second-order valence-electron chi connectivity index (χ2n) is 6.05. The van der Waals surface area contributed by atoms with Gasteiger partial charge in [0.2, 0.25) is 0 Å². The second-order valence-corrected chi connectivity index (χ2v) is 6.49. The van der Waals surface area contributed by atoms with Gasteiger partial charge in [-0.1, -0.05) is 11.6 Å². The number of halogens is 1. The van der Waals surface area contributed by atoms with Crippen molar-refractivity contribution in [3.05, 3.63) is 29.3 Å². The molecule has 0 spiro atoms. The number of rotatable bonds is 5. The van der Waals surface area contributed by atoms with Crippen LogP contribution in [0.3, 0.4) is 0 Å². The third-order valence-electron chi connectivity index (χ3n) is 3.63. The van der Waals surface area contributed by atoms with Gasteiger partial charge in [-0.2, -0.15) is 0 Å². The lowest BCUT2D eigenvalue weighted by Gasteiger charge is -2.30. The van der Waals surface area contributed by atoms with E-state index in [1.807, 2.05) is 0 Å². The van der Waals surface area contributed by atoms with Crippen molar-refractivity contribution in [2.75, 3.05) is 26.3 Å². The van der Waals surface area contributed by atoms with Crippen molar-refractivity contribution in [2.45, 2.75) is 32.5 Å². The fourth-order valence-electron chi connectivity index (χ4n) is 2.23. The van der Waals surface area contributed by atoms with Crippen molar-refractivity contribution in [1.82, 2.24) is 4.90 Å². The van der Waals surface area contributed by atoms with E-state index in [-0.39, 0.29) is 5.91 Å². The van der Waals surface area contributed by atoms with Crippen LogP contribution in [0.4, 0.5) is 0 Å². The predicted octanol–water partition coefficient (Wildman–Crippen LogP) is 2.29. The van der Waals surface area contributed by atoms with Crippen LogP contribution in [0.2, 0.25) is 5.02 Å². The molecule has 0 radical (unpaired) electrons. The van der Waals surface area contributed by atoms with Crippen LogP contribution in [0.1, 0.15) is 20.8 Å². The molecule has 1 aromatic rings. The summed E-state index contributed by atoms with van der Waals surface area (Å²) in [7, 11) is 0. The van der Waals surface area contributed by atoms with Crippen molar-refractivity contribution in [1.29, 1.82) is 0 Å². The number of benzene rings is 1. The minimum absolute atomic E-state index is 0.228. The zero-order chi connectivity index (χ0) is 17.7. The molecule has 1 amide bonds. The molecule has 1 unspecified atom stereocenters. The van der Waals surface area contributed by atoms with E-state index in [9.17, 15) is 9.59 Å². The van der Waals surface area contributed by atoms with Crippen molar-refractivity contribution in [3.8, 4) is 5.75 Å². The Kier molecular flexibility index (Phi) is 6.07. The van der Waals surface area contributed by atoms with Gasteiger partial charge in [0, 0.05) is 18.1 Å². The molecule has 24 heavy (non-hydrogen) atoms. The maximum absolute atomic E-state index is 12.4. The molecule has 1 aliphatic heterocycles. The Bertz CT molecular complexity index is 581. The molecule has 1 saturated heterocycles. The van der Waals surface area contributed by atoms with Crippen LogP contribution in [0, 0.1) is 0 Å². The number of esters is 1. The number of carbonyl (C=O) groups is 2. The van der Waals surface area contributed by atoms with E-state index in [1.54, 1.807) is 49.9 Å². The lowest BCUT2D eigenvalue weighted by atomic mass is 10.1. The fourth-order valence-corrected chi connectivity index (χ4v) is 2.36. The minimum atomic E-state index is -1.23. The van der Waals surface area contributed by atoms with Gasteiger partial charge >= 0.3 is 5.97 Å². The monoisotopic (exact) mass is 355 g/mol. The molecule has 1 aliphatic rings. The molecular formula is C17H22ClNO5. The molecule has 0 bridgehead atoms. The van der Waals surface area contributed by atoms with Crippen LogP contribution in [0.5, 0.6) is 5.75 Å². The van der Waals surface area contributed by atoms with Crippen LogP contribution >= 0.6 is 11.6 Å². The fraction of sp³-hybridized carbons (Fsp3) is 0.529. The highest BCUT2D eigenvalue weighted by Crippen LogP contribution is 2.22. The highest BCUT2D eigenvalue weighted by molar-refractivity contribution is 6.30. The van der Waals surface area contributed by atoms with E-state index in [0.717, 1.165) is 0 Å². The Hall–Kier alpha value is -1.79. The summed E-state index contributed by atoms with van der Waals surface area (Å²) in [6.45, 7) is 6.76. The lowest BCUT2D eigenvalue weighted by molar-refractivity contribution is -0.171. The Labute approximate surface area is 146 Å². The first-order chi connectivity index (χ1) is 11.3. The molecule has 1 atom stereocenters. The maximum Gasteiger partial charge on any atom is 0.350 e. The maximum atomic E-state index is 12.4. The summed E-state index contributed by atoms with van der Waals surface area (Å²) < 4.78 is 16.2. The highest BCUT2D eigenvalue weighted by Gasteiger charge is 2.35. The van der Waals surface area contributed by atoms with Gasteiger partial charge in [0.25, 0.3) is 5.91 Å². The van der Waals surface area contributed by atoms with Gasteiger partial charge in [0.1, 0.15) is 5.75 Å². The van der Waals surface area contributed by atoms with Gasteiger partial charge in [-0.3, -0.25) is 4.79 Å². The average molecular weight is 356 g/mol. The highest BCUT2D eigenvalue weighted by atomic mass is 35.5. The molecular weight excluding hydrogens is 334 g/mol. The van der Waals surface area contributed by atoms with Crippen molar-refractivity contribution >= 4 is 23.5 Å². The first-order valence-corrected chi connectivity index (χ1v) is 8.19. The number of ether oxygens (including phenoxy) is 3. The van der Waals surface area contributed by atoms with Crippen molar-refractivity contribution < 1.29 is 23.8 Å². The third kappa shape index (κ3) is 4.85. The molecule has 1 fully saturated rings. The summed E-state index contributed by atoms with van der Waals surface area (Å²) in [5.74, 6) is -0.339. The Morgan fingerprint density at radius 1 is 1.21 bits per heavy atom. The van der Waals surface area contributed by atoms with Crippen molar-refractivity contribution in [2.24, 2.45) is 0 Å². The number of nitrogens with zero attached hydrogens (tertiary/aromatic N) is 1. The first-order valence-electron chi connectivity index (χ1n) is 7.82. The summed E-state index contributed by atoms with van der Waals surface area (Å²) in [4.78, 5) is 26.3. The third-order valence-corrected chi connectivity index (χ3v) is 3.88. The van der Waals surface area contributed by atoms with Crippen molar-refractivity contribution in [3.63, 3.8) is 0 Å². The van der Waals surface area contributed by atoms with Gasteiger partial charge in [0.15, 0.2) is 11.7 Å². The van der Waals surface area contributed by atoms with Gasteiger partial charge in [-0.25, -0.2) is 4.79 Å². The standard InChI is InChI=1S/C17H22ClNO5/c1-12(15(20)19-8-10-22-11-9-19)23-16(21)17(2,3)24-14-6-4-13(18)5-7-14/h4-7,12H,8-11H2,1-3H3. The van der Waals surface area contributed by atoms with Crippen LogP contribution in [0.15, 0.2) is 24.3 Å². The minimum Gasteiger partial charge on any atom is -0.476 e. The molecule has 132 valence electrons. The Morgan fingerprint density at radius 2 is 1.79 bits per heavy atom. The molecule has 0 aliphatic carbocycles. The van der Waals surface area contributed by atoms with E-state index in [2.05, 4.69) is 0 Å². The molecule has 7 heteroatoms. The largest absolute Gasteiger partial charge is 0.476 e. The molecule has 0 N–H and O–H groups in total. The van der Waals surface area contributed by atoms with E-state index in [0.29, 0.717) is 37.1 Å². The van der Waals surface area contributed by atoms with Crippen LogP contribution in [-0.4, -0.2) is 54.8 Å². The van der Waals surface area contributed by atoms with Crippen LogP contribution < -0.4 is 4.74 Å². The quantitative estimate of drug-likeness (QED) is 0.758. The zero-order valence-corrected chi connectivity index (χ0v) is 14.8. The Balaban J connectivity index is 1.93. The number of hydrogen-bond acceptors (Lipinski definition) is 5. The van der Waals surface area contributed by atoms with Crippen LogP contribution in [0.25, 0.3) is 0 Å². The lowest BCUT2D eigenvalue weighted by Crippen LogP contribution is -2.48. The zero-order valence-electron chi connectivity index (χ0n) is 14.1. The predicted molar refractivity (Wildman–Crippen MR) is 89.1 cm³/mol. The average Bonchev–Trinajstić information content (AvgIpc) is 2.56. The van der Waals surface area contributed by atoms with E-state index >= 15 is 0 Å². The van der Waals surface area contributed by atoms with Gasteiger partial charge in [-0.05, 0) is 45.0 Å². The summed E-state index contributed by atoms with van der Waals surface area (Å²) in [6, 6.07) is 6.67. The molecule has 1 aromatic carbocycles. The van der Waals surface area contributed by atoms with E-state index in [1.165, 1.54) is 0 Å². The summed E-state index contributed by atoms with van der Waals surface area (Å²) in [5.41, 5.74) is -1.23. The summed E-state index contributed by atoms with van der Waals surface area (Å²) >= 11 is 5.82. The molecule has 2 rings (SSSR count). The van der Waals surface area contributed by atoms with E-state index in [4.69, 9.17) is 25.8 Å². The smallest absolute Gasteiger partial charge is 0.350 e. The number of carbonyl (C=O) groups excluding carboxylic acids is 2. The summed E-state index contributed by atoms with van der Waals surface area (Å²) in [6.07, 6.45) is -0.872. The van der Waals surface area contributed by atoms with Gasteiger partial charge in [0.05, 0.1) is 13.2 Å². The van der Waals surface area contributed by atoms with Gasteiger partial charge < -0.3 is 19.1 Å². The van der Waals surface area contributed by atoms with Crippen LogP contribution in [-0.2, 0) is 19.1 Å². The molecule has 1 heterocycles. The van der Waals surface area contributed by atoms with Gasteiger partial charge in [-0.15, -0.1) is 0 Å². The SMILES string of the molecule is CC(OC(=O)C(C)(C)Oc1ccc(Cl)cc1)C(=O)N1CCOCC1. The topological polar surface area (TPSA) is 65.1 Å².